The molecule has 0 aromatic heterocycles. The van der Waals surface area contributed by atoms with E-state index < -0.39 is 0 Å². The van der Waals surface area contributed by atoms with Gasteiger partial charge in [-0.05, 0) is 47.6 Å². The Hall–Kier alpha value is -0.0900. The highest BCUT2D eigenvalue weighted by Crippen LogP contribution is 2.31. The van der Waals surface area contributed by atoms with E-state index in [-0.39, 0.29) is 11.7 Å². The summed E-state index contributed by atoms with van der Waals surface area (Å²) in [7, 11) is 0. The summed E-state index contributed by atoms with van der Waals surface area (Å²) in [5.41, 5.74) is 0.764. The van der Waals surface area contributed by atoms with E-state index in [2.05, 4.69) is 22.6 Å². The van der Waals surface area contributed by atoms with Gasteiger partial charge in [0.25, 0.3) is 0 Å². The maximum absolute atomic E-state index is 11.8. The summed E-state index contributed by atoms with van der Waals surface area (Å²) in [5, 5.41) is 0.677. The Morgan fingerprint density at radius 2 is 2.14 bits per heavy atom. The Morgan fingerprint density at radius 1 is 1.43 bits per heavy atom. The Morgan fingerprint density at radius 3 is 2.64 bits per heavy atom. The van der Waals surface area contributed by atoms with E-state index in [4.69, 9.17) is 11.6 Å². The van der Waals surface area contributed by atoms with Gasteiger partial charge in [0.1, 0.15) is 0 Å². The van der Waals surface area contributed by atoms with Gasteiger partial charge in [0.2, 0.25) is 0 Å². The number of carbonyl (C=O) groups is 1. The molecule has 0 spiro atoms. The van der Waals surface area contributed by atoms with Crippen LogP contribution in [0.5, 0.6) is 0 Å². The zero-order chi connectivity index (χ0) is 10.1. The Bertz CT molecular complexity index is 372. The average Bonchev–Trinajstić information content (AvgIpc) is 2.06. The van der Waals surface area contributed by atoms with Gasteiger partial charge in [0, 0.05) is 15.1 Å². The minimum atomic E-state index is 0.256. The monoisotopic (exact) mass is 320 g/mol. The summed E-state index contributed by atoms with van der Waals surface area (Å²) >= 11 is 8.13. The molecule has 0 radical (unpaired) electrons. The highest BCUT2D eigenvalue weighted by molar-refractivity contribution is 14.1. The van der Waals surface area contributed by atoms with Crippen molar-refractivity contribution in [1.29, 1.82) is 0 Å². The van der Waals surface area contributed by atoms with E-state index in [0.717, 1.165) is 22.0 Å². The molecular weight excluding hydrogens is 310 g/mol. The van der Waals surface area contributed by atoms with Crippen LogP contribution in [0.4, 0.5) is 0 Å². The van der Waals surface area contributed by atoms with Crippen LogP contribution < -0.4 is 0 Å². The first-order valence-electron chi connectivity index (χ1n) is 4.68. The lowest BCUT2D eigenvalue weighted by molar-refractivity contribution is 0.0855. The minimum absolute atomic E-state index is 0.256. The molecule has 3 heteroatoms. The predicted octanol–water partition coefficient (Wildman–Crippen LogP) is 3.93. The normalized spacial score (nSPS) is 16.4. The number of ketones is 1. The number of carbonyl (C=O) groups excluding carboxylic acids is 1. The molecule has 0 N–H and O–H groups in total. The number of halogens is 2. The first-order chi connectivity index (χ1) is 6.68. The third-order valence-electron chi connectivity index (χ3n) is 2.68. The third kappa shape index (κ3) is 1.96. The van der Waals surface area contributed by atoms with Gasteiger partial charge in [-0.1, -0.05) is 24.1 Å². The Labute approximate surface area is 102 Å². The predicted molar refractivity (Wildman–Crippen MR) is 65.8 cm³/mol. The van der Waals surface area contributed by atoms with Gasteiger partial charge in [-0.2, -0.15) is 0 Å². The molecule has 14 heavy (non-hydrogen) atoms. The molecule has 0 heterocycles. The molecule has 1 nitrogen and oxygen atoms in total. The van der Waals surface area contributed by atoms with Crippen LogP contribution >= 0.6 is 34.2 Å². The topological polar surface area (TPSA) is 17.1 Å². The van der Waals surface area contributed by atoms with E-state index in [1.807, 2.05) is 12.1 Å². The number of Topliss-reactive ketones (excluding diaryl/α,β-unsaturated/α-hetero) is 1. The fourth-order valence-electron chi connectivity index (χ4n) is 1.56. The van der Waals surface area contributed by atoms with Crippen LogP contribution in [0.25, 0.3) is 0 Å². The highest BCUT2D eigenvalue weighted by atomic mass is 127. The molecule has 1 saturated carbocycles. The van der Waals surface area contributed by atoms with Crippen molar-refractivity contribution in [2.75, 3.05) is 0 Å². The van der Waals surface area contributed by atoms with Crippen molar-refractivity contribution < 1.29 is 4.79 Å². The third-order valence-corrected chi connectivity index (χ3v) is 4.25. The Kier molecular flexibility index (Phi) is 3.12. The maximum atomic E-state index is 11.8. The van der Waals surface area contributed by atoms with Gasteiger partial charge < -0.3 is 0 Å². The zero-order valence-electron chi connectivity index (χ0n) is 7.59. The maximum Gasteiger partial charge on any atom is 0.165 e. The van der Waals surface area contributed by atoms with Crippen LogP contribution in [0.3, 0.4) is 0 Å². The summed E-state index contributed by atoms with van der Waals surface area (Å²) < 4.78 is 0.995. The molecule has 0 unspecified atom stereocenters. The highest BCUT2D eigenvalue weighted by Gasteiger charge is 2.26. The fraction of sp³-hybridized carbons (Fsp3) is 0.364. The molecule has 0 amide bonds. The van der Waals surface area contributed by atoms with Gasteiger partial charge in [-0.3, -0.25) is 4.79 Å². The second-order valence-corrected chi connectivity index (χ2v) is 5.19. The first-order valence-corrected chi connectivity index (χ1v) is 6.13. The van der Waals surface area contributed by atoms with E-state index in [1.54, 1.807) is 6.07 Å². The van der Waals surface area contributed by atoms with Crippen LogP contribution in [0.1, 0.15) is 29.6 Å². The van der Waals surface area contributed by atoms with Crippen LogP contribution in [0, 0.1) is 9.49 Å². The molecule has 0 saturated heterocycles. The lowest BCUT2D eigenvalue weighted by Crippen LogP contribution is -2.21. The molecule has 0 bridgehead atoms. The van der Waals surface area contributed by atoms with Gasteiger partial charge >= 0.3 is 0 Å². The molecule has 1 aromatic rings. The van der Waals surface area contributed by atoms with Gasteiger partial charge in [0.05, 0.1) is 5.02 Å². The van der Waals surface area contributed by atoms with E-state index in [0.29, 0.717) is 5.02 Å². The van der Waals surface area contributed by atoms with Crippen LogP contribution in [0.15, 0.2) is 18.2 Å². The number of hydrogen-bond donors (Lipinski definition) is 0. The quantitative estimate of drug-likeness (QED) is 0.596. The average molecular weight is 321 g/mol. The largest absolute Gasteiger partial charge is 0.294 e. The number of benzene rings is 1. The second-order valence-electron chi connectivity index (χ2n) is 3.62. The van der Waals surface area contributed by atoms with Gasteiger partial charge in [-0.15, -0.1) is 0 Å². The van der Waals surface area contributed by atoms with Crippen molar-refractivity contribution >= 4 is 40.0 Å². The van der Waals surface area contributed by atoms with Crippen molar-refractivity contribution in [2.24, 2.45) is 5.92 Å². The minimum Gasteiger partial charge on any atom is -0.294 e. The molecule has 74 valence electrons. The summed E-state index contributed by atoms with van der Waals surface area (Å²) in [6, 6.07) is 5.55. The zero-order valence-corrected chi connectivity index (χ0v) is 10.5. The standard InChI is InChI=1S/C11H10ClIO/c12-9-6-8(4-5-10(9)13)11(14)7-2-1-3-7/h4-7H,1-3H2. The van der Waals surface area contributed by atoms with E-state index in [1.165, 1.54) is 6.42 Å². The summed E-state index contributed by atoms with van der Waals surface area (Å²) in [6.07, 6.45) is 3.28. The molecule has 0 atom stereocenters. The number of hydrogen-bond acceptors (Lipinski definition) is 1. The SMILES string of the molecule is O=C(c1ccc(I)c(Cl)c1)C1CCC1. The van der Waals surface area contributed by atoms with Crippen LogP contribution in [-0.2, 0) is 0 Å². The molecule has 1 aliphatic rings. The molecule has 2 rings (SSSR count). The van der Waals surface area contributed by atoms with Gasteiger partial charge in [-0.25, -0.2) is 0 Å². The molecule has 1 fully saturated rings. The van der Waals surface area contributed by atoms with Crippen molar-refractivity contribution in [2.45, 2.75) is 19.3 Å². The lowest BCUT2D eigenvalue weighted by atomic mass is 9.80. The summed E-state index contributed by atoms with van der Waals surface area (Å²) in [4.78, 5) is 11.8. The second kappa shape index (κ2) is 4.19. The van der Waals surface area contributed by atoms with Crippen molar-refractivity contribution in [1.82, 2.24) is 0 Å². The molecule has 1 aromatic carbocycles. The summed E-state index contributed by atoms with van der Waals surface area (Å²) in [5.74, 6) is 0.515. The summed E-state index contributed by atoms with van der Waals surface area (Å²) in [6.45, 7) is 0. The molecule has 0 aliphatic heterocycles. The fourth-order valence-corrected chi connectivity index (χ4v) is 2.07. The smallest absolute Gasteiger partial charge is 0.165 e. The number of rotatable bonds is 2. The van der Waals surface area contributed by atoms with Crippen LogP contribution in [0.2, 0.25) is 5.02 Å². The molecule has 1 aliphatic carbocycles. The van der Waals surface area contributed by atoms with Crippen LogP contribution in [-0.4, -0.2) is 5.78 Å². The first kappa shape index (κ1) is 10.4. The van der Waals surface area contributed by atoms with E-state index >= 15 is 0 Å². The molecular formula is C11H10ClIO. The lowest BCUT2D eigenvalue weighted by Gasteiger charge is -2.23. The van der Waals surface area contributed by atoms with Gasteiger partial charge in [0.15, 0.2) is 5.78 Å². The van der Waals surface area contributed by atoms with Crippen molar-refractivity contribution in [3.8, 4) is 0 Å². The van der Waals surface area contributed by atoms with Crippen molar-refractivity contribution in [3.63, 3.8) is 0 Å². The Balaban J connectivity index is 2.23. The van der Waals surface area contributed by atoms with Crippen molar-refractivity contribution in [3.05, 3.63) is 32.4 Å². The van der Waals surface area contributed by atoms with E-state index in [9.17, 15) is 4.79 Å².